The van der Waals surface area contributed by atoms with Gasteiger partial charge in [-0.1, -0.05) is 16.6 Å². The predicted molar refractivity (Wildman–Crippen MR) is 101 cm³/mol. The number of hydrogen-bond donors (Lipinski definition) is 0. The lowest BCUT2D eigenvalue weighted by atomic mass is 9.87. The molecule has 2 saturated heterocycles. The molecule has 0 saturated carbocycles. The van der Waals surface area contributed by atoms with Gasteiger partial charge in [0, 0.05) is 30.3 Å². The minimum atomic E-state index is 0.184. The molecule has 2 fully saturated rings. The van der Waals surface area contributed by atoms with Crippen LogP contribution in [0.4, 0.5) is 0 Å². The maximum absolute atomic E-state index is 12.8. The first-order valence-electron chi connectivity index (χ1n) is 9.15. The number of carbonyl (C=O) groups excluding carboxylic acids is 1. The molecule has 3 heterocycles. The van der Waals surface area contributed by atoms with Gasteiger partial charge in [0.2, 0.25) is 5.91 Å². The van der Waals surface area contributed by atoms with Crippen LogP contribution in [0.2, 0.25) is 0 Å². The highest BCUT2D eigenvalue weighted by atomic mass is 32.1. The first-order chi connectivity index (χ1) is 12.7. The molecule has 2 aromatic rings. The van der Waals surface area contributed by atoms with E-state index in [0.29, 0.717) is 13.1 Å². The van der Waals surface area contributed by atoms with Crippen LogP contribution in [0.15, 0.2) is 29.6 Å². The molecule has 0 radical (unpaired) electrons. The normalized spacial score (nSPS) is 23.5. The molecule has 7 heteroatoms. The zero-order valence-corrected chi connectivity index (χ0v) is 15.8. The molecular weight excluding hydrogens is 348 g/mol. The third-order valence-electron chi connectivity index (χ3n) is 5.51. The molecule has 2 aliphatic heterocycles. The Bertz CT molecular complexity index is 746. The minimum Gasteiger partial charge on any atom is -0.497 e. The van der Waals surface area contributed by atoms with Crippen molar-refractivity contribution in [2.45, 2.75) is 24.7 Å². The molecule has 1 aromatic heterocycles. The van der Waals surface area contributed by atoms with Gasteiger partial charge in [-0.05, 0) is 55.2 Å². The fourth-order valence-corrected chi connectivity index (χ4v) is 4.60. The van der Waals surface area contributed by atoms with Crippen molar-refractivity contribution in [3.63, 3.8) is 0 Å². The number of amides is 1. The molecule has 4 rings (SSSR count). The fourth-order valence-electron chi connectivity index (χ4n) is 4.08. The van der Waals surface area contributed by atoms with Gasteiger partial charge in [0.1, 0.15) is 5.75 Å². The summed E-state index contributed by atoms with van der Waals surface area (Å²) in [6.45, 7) is 4.05. The Labute approximate surface area is 157 Å². The summed E-state index contributed by atoms with van der Waals surface area (Å²) >= 11 is 1.37. The molecule has 0 aliphatic carbocycles. The molecule has 1 amide bonds. The summed E-state index contributed by atoms with van der Waals surface area (Å²) < 4.78 is 9.43. The first kappa shape index (κ1) is 17.4. The standard InChI is InChI=1S/C19H24N4O2S/c1-25-15-6-4-5-14(9-15)16-10-23(11-17(16)18-13-26-21-20-18)19(24)12-22-7-2-3-8-22/h4-6,9,13,16-17H,2-3,7-8,10-12H2,1H3/t16-,17+/m0/s1. The number of aromatic nitrogens is 2. The largest absolute Gasteiger partial charge is 0.497 e. The molecule has 26 heavy (non-hydrogen) atoms. The maximum Gasteiger partial charge on any atom is 0.236 e. The van der Waals surface area contributed by atoms with E-state index in [1.807, 2.05) is 22.4 Å². The summed E-state index contributed by atoms with van der Waals surface area (Å²) in [4.78, 5) is 17.1. The Morgan fingerprint density at radius 2 is 2.08 bits per heavy atom. The van der Waals surface area contributed by atoms with Crippen LogP contribution >= 0.6 is 11.5 Å². The van der Waals surface area contributed by atoms with Gasteiger partial charge in [-0.25, -0.2) is 0 Å². The Kier molecular flexibility index (Phi) is 5.17. The molecule has 1 aromatic carbocycles. The number of hydrogen-bond acceptors (Lipinski definition) is 6. The Morgan fingerprint density at radius 1 is 1.27 bits per heavy atom. The molecule has 0 spiro atoms. The second-order valence-electron chi connectivity index (χ2n) is 7.10. The zero-order valence-electron chi connectivity index (χ0n) is 15.0. The first-order valence-corrected chi connectivity index (χ1v) is 9.99. The van der Waals surface area contributed by atoms with Crippen LogP contribution in [0.1, 0.15) is 35.9 Å². The number of methoxy groups -OCH3 is 1. The second-order valence-corrected chi connectivity index (χ2v) is 7.71. The van der Waals surface area contributed by atoms with E-state index < -0.39 is 0 Å². The lowest BCUT2D eigenvalue weighted by Crippen LogP contribution is -2.38. The molecular formula is C19H24N4O2S. The minimum absolute atomic E-state index is 0.184. The van der Waals surface area contributed by atoms with Crippen LogP contribution in [-0.2, 0) is 4.79 Å². The monoisotopic (exact) mass is 372 g/mol. The average molecular weight is 372 g/mol. The lowest BCUT2D eigenvalue weighted by molar-refractivity contribution is -0.131. The second kappa shape index (κ2) is 7.72. The SMILES string of the molecule is COc1cccc([C@@H]2CN(C(=O)CN3CCCC3)C[C@H]2c2csnn2)c1. The van der Waals surface area contributed by atoms with E-state index in [1.165, 1.54) is 29.9 Å². The van der Waals surface area contributed by atoms with Gasteiger partial charge in [0.05, 0.1) is 19.3 Å². The molecule has 6 nitrogen and oxygen atoms in total. The van der Waals surface area contributed by atoms with E-state index in [4.69, 9.17) is 4.74 Å². The maximum atomic E-state index is 12.8. The van der Waals surface area contributed by atoms with Crippen molar-refractivity contribution >= 4 is 17.4 Å². The van der Waals surface area contributed by atoms with Gasteiger partial charge in [-0.3, -0.25) is 9.69 Å². The Balaban J connectivity index is 1.55. The summed E-state index contributed by atoms with van der Waals surface area (Å²) in [5.41, 5.74) is 2.18. The smallest absolute Gasteiger partial charge is 0.236 e. The highest BCUT2D eigenvalue weighted by Gasteiger charge is 2.38. The van der Waals surface area contributed by atoms with Crippen molar-refractivity contribution in [1.29, 1.82) is 0 Å². The average Bonchev–Trinajstić information content (AvgIpc) is 3.41. The third-order valence-corrected chi connectivity index (χ3v) is 6.03. The van der Waals surface area contributed by atoms with Gasteiger partial charge < -0.3 is 9.64 Å². The van der Waals surface area contributed by atoms with Crippen molar-refractivity contribution in [2.75, 3.05) is 39.8 Å². The van der Waals surface area contributed by atoms with Crippen LogP contribution in [0.25, 0.3) is 0 Å². The van der Waals surface area contributed by atoms with Crippen molar-refractivity contribution in [2.24, 2.45) is 0 Å². The number of likely N-dealkylation sites (tertiary alicyclic amines) is 2. The molecule has 2 atom stereocenters. The summed E-state index contributed by atoms with van der Waals surface area (Å²) in [5, 5.41) is 6.31. The Morgan fingerprint density at radius 3 is 2.81 bits per heavy atom. The highest BCUT2D eigenvalue weighted by molar-refractivity contribution is 7.03. The van der Waals surface area contributed by atoms with Crippen LogP contribution in [0.5, 0.6) is 5.75 Å². The van der Waals surface area contributed by atoms with Gasteiger partial charge in [-0.15, -0.1) is 5.10 Å². The number of ether oxygens (including phenoxy) is 1. The summed E-state index contributed by atoms with van der Waals surface area (Å²) in [6, 6.07) is 8.16. The van der Waals surface area contributed by atoms with Gasteiger partial charge in [-0.2, -0.15) is 0 Å². The zero-order chi connectivity index (χ0) is 17.9. The molecule has 0 N–H and O–H groups in total. The van der Waals surface area contributed by atoms with E-state index in [9.17, 15) is 4.79 Å². The van der Waals surface area contributed by atoms with E-state index in [-0.39, 0.29) is 17.7 Å². The van der Waals surface area contributed by atoms with Gasteiger partial charge >= 0.3 is 0 Å². The van der Waals surface area contributed by atoms with E-state index in [0.717, 1.165) is 31.1 Å². The number of rotatable bonds is 5. The lowest BCUT2D eigenvalue weighted by Gasteiger charge is -2.21. The quantitative estimate of drug-likeness (QED) is 0.806. The van der Waals surface area contributed by atoms with Crippen molar-refractivity contribution in [1.82, 2.24) is 19.4 Å². The van der Waals surface area contributed by atoms with Crippen molar-refractivity contribution in [3.05, 3.63) is 40.9 Å². The predicted octanol–water partition coefficient (Wildman–Crippen LogP) is 2.35. The third kappa shape index (κ3) is 3.59. The summed E-state index contributed by atoms with van der Waals surface area (Å²) in [7, 11) is 1.68. The summed E-state index contributed by atoms with van der Waals surface area (Å²) in [6.07, 6.45) is 2.40. The van der Waals surface area contributed by atoms with Crippen LogP contribution < -0.4 is 4.74 Å². The van der Waals surface area contributed by atoms with Crippen LogP contribution in [0.3, 0.4) is 0 Å². The van der Waals surface area contributed by atoms with E-state index >= 15 is 0 Å². The number of carbonyl (C=O) groups is 1. The topological polar surface area (TPSA) is 58.6 Å². The number of benzene rings is 1. The molecule has 138 valence electrons. The highest BCUT2D eigenvalue weighted by Crippen LogP contribution is 2.40. The molecule has 0 bridgehead atoms. The van der Waals surface area contributed by atoms with Crippen LogP contribution in [-0.4, -0.2) is 65.1 Å². The van der Waals surface area contributed by atoms with Gasteiger partial charge in [0.25, 0.3) is 0 Å². The molecule has 0 unspecified atom stereocenters. The van der Waals surface area contributed by atoms with Crippen molar-refractivity contribution < 1.29 is 9.53 Å². The van der Waals surface area contributed by atoms with E-state index in [1.54, 1.807) is 7.11 Å². The summed E-state index contributed by atoms with van der Waals surface area (Å²) in [5.74, 6) is 1.48. The van der Waals surface area contributed by atoms with Crippen LogP contribution in [0, 0.1) is 0 Å². The van der Waals surface area contributed by atoms with E-state index in [2.05, 4.69) is 26.6 Å². The van der Waals surface area contributed by atoms with Gasteiger partial charge in [0.15, 0.2) is 0 Å². The molecule has 2 aliphatic rings. The van der Waals surface area contributed by atoms with Crippen molar-refractivity contribution in [3.8, 4) is 5.75 Å². The Hall–Kier alpha value is -1.99. The fraction of sp³-hybridized carbons (Fsp3) is 0.526. The number of nitrogens with zero attached hydrogens (tertiary/aromatic N) is 4.